The van der Waals surface area contributed by atoms with Gasteiger partial charge in [-0.25, -0.2) is 8.42 Å². The van der Waals surface area contributed by atoms with Crippen LogP contribution in [0, 0.1) is 0 Å². The molecule has 1 aromatic carbocycles. The van der Waals surface area contributed by atoms with Crippen molar-refractivity contribution < 1.29 is 8.42 Å². The minimum absolute atomic E-state index is 0.393. The lowest BCUT2D eigenvalue weighted by Crippen LogP contribution is -2.34. The van der Waals surface area contributed by atoms with E-state index in [0.29, 0.717) is 23.8 Å². The van der Waals surface area contributed by atoms with Crippen LogP contribution in [0.1, 0.15) is 5.56 Å². The van der Waals surface area contributed by atoms with Crippen molar-refractivity contribution in [1.82, 2.24) is 5.32 Å². The third-order valence-electron chi connectivity index (χ3n) is 3.11. The summed E-state index contributed by atoms with van der Waals surface area (Å²) in [6, 6.07) is 11.1. The Kier molecular flexibility index (Phi) is 3.30. The minimum atomic E-state index is -3.44. The molecule has 4 nitrogen and oxygen atoms in total. The van der Waals surface area contributed by atoms with Gasteiger partial charge in [-0.15, -0.1) is 11.3 Å². The summed E-state index contributed by atoms with van der Waals surface area (Å²) in [6.45, 7) is 1.81. The number of para-hydroxylation sites is 1. The average molecular weight is 294 g/mol. The standard InChI is InChI=1S/C13H14N2O2S2/c16-19(17,13-6-3-9-18-13)15-8-7-14-10-11-4-1-2-5-12(11)15/h1-6,9,14H,7-8,10H2. The molecule has 0 bridgehead atoms. The van der Waals surface area contributed by atoms with Crippen LogP contribution in [-0.4, -0.2) is 21.5 Å². The Bertz CT molecular complexity index is 666. The van der Waals surface area contributed by atoms with Gasteiger partial charge in [0.25, 0.3) is 10.0 Å². The average Bonchev–Trinajstić information content (AvgIpc) is 2.86. The molecule has 1 aliphatic heterocycles. The van der Waals surface area contributed by atoms with Crippen molar-refractivity contribution in [3.63, 3.8) is 0 Å². The first kappa shape index (κ1) is 12.7. The van der Waals surface area contributed by atoms with Crippen molar-refractivity contribution in [2.75, 3.05) is 17.4 Å². The molecule has 1 aromatic heterocycles. The Morgan fingerprint density at radius 3 is 2.79 bits per heavy atom. The van der Waals surface area contributed by atoms with Crippen molar-refractivity contribution >= 4 is 27.0 Å². The molecule has 0 atom stereocenters. The second-order valence-corrected chi connectivity index (χ2v) is 7.35. The Balaban J connectivity index is 2.10. The summed E-state index contributed by atoms with van der Waals surface area (Å²) in [4.78, 5) is 0. The molecule has 0 amide bonds. The molecular formula is C13H14N2O2S2. The molecule has 0 radical (unpaired) electrons. The second kappa shape index (κ2) is 4.96. The van der Waals surface area contributed by atoms with E-state index < -0.39 is 10.0 Å². The Labute approximate surface area is 116 Å². The zero-order valence-electron chi connectivity index (χ0n) is 10.2. The molecule has 0 saturated carbocycles. The van der Waals surface area contributed by atoms with Crippen LogP contribution in [0.3, 0.4) is 0 Å². The smallest absolute Gasteiger partial charge is 0.273 e. The summed E-state index contributed by atoms with van der Waals surface area (Å²) in [6.07, 6.45) is 0. The van der Waals surface area contributed by atoms with Gasteiger partial charge in [-0.2, -0.15) is 0 Å². The van der Waals surface area contributed by atoms with Crippen molar-refractivity contribution in [3.8, 4) is 0 Å². The first-order valence-corrected chi connectivity index (χ1v) is 8.36. The fourth-order valence-electron chi connectivity index (χ4n) is 2.20. The fraction of sp³-hybridized carbons (Fsp3) is 0.231. The number of nitrogens with one attached hydrogen (secondary N) is 1. The van der Waals surface area contributed by atoms with Crippen LogP contribution in [0.25, 0.3) is 0 Å². The molecule has 0 aliphatic carbocycles. The first-order valence-electron chi connectivity index (χ1n) is 6.04. The number of hydrogen-bond donors (Lipinski definition) is 1. The van der Waals surface area contributed by atoms with Crippen molar-refractivity contribution in [2.45, 2.75) is 10.8 Å². The quantitative estimate of drug-likeness (QED) is 0.922. The van der Waals surface area contributed by atoms with E-state index in [9.17, 15) is 8.42 Å². The maximum atomic E-state index is 12.7. The summed E-state index contributed by atoms with van der Waals surface area (Å²) >= 11 is 1.25. The van der Waals surface area contributed by atoms with Gasteiger partial charge in [0.2, 0.25) is 0 Å². The first-order chi connectivity index (χ1) is 9.19. The highest BCUT2D eigenvalue weighted by Crippen LogP contribution is 2.29. The number of nitrogens with zero attached hydrogens (tertiary/aromatic N) is 1. The van der Waals surface area contributed by atoms with Gasteiger partial charge in [-0.05, 0) is 23.1 Å². The number of fused-ring (bicyclic) bond motifs is 1. The van der Waals surface area contributed by atoms with Gasteiger partial charge in [0.15, 0.2) is 0 Å². The van der Waals surface area contributed by atoms with E-state index in [1.165, 1.54) is 15.6 Å². The van der Waals surface area contributed by atoms with E-state index in [4.69, 9.17) is 0 Å². The maximum absolute atomic E-state index is 12.7. The molecule has 0 fully saturated rings. The summed E-state index contributed by atoms with van der Waals surface area (Å²) in [5, 5.41) is 5.03. The molecule has 0 spiro atoms. The third-order valence-corrected chi connectivity index (χ3v) is 6.29. The molecule has 100 valence electrons. The zero-order valence-corrected chi connectivity index (χ0v) is 11.9. The molecule has 6 heteroatoms. The predicted molar refractivity (Wildman–Crippen MR) is 77.0 cm³/mol. The number of hydrogen-bond acceptors (Lipinski definition) is 4. The summed E-state index contributed by atoms with van der Waals surface area (Å²) < 4.78 is 27.2. The fourth-order valence-corrected chi connectivity index (χ4v) is 4.80. The number of rotatable bonds is 2. The highest BCUT2D eigenvalue weighted by Gasteiger charge is 2.28. The molecule has 2 aromatic rings. The maximum Gasteiger partial charge on any atom is 0.273 e. The van der Waals surface area contributed by atoms with Crippen LogP contribution in [0.2, 0.25) is 0 Å². The van der Waals surface area contributed by atoms with E-state index in [-0.39, 0.29) is 0 Å². The van der Waals surface area contributed by atoms with Gasteiger partial charge < -0.3 is 5.32 Å². The molecule has 2 heterocycles. The summed E-state index contributed by atoms with van der Waals surface area (Å²) in [5.41, 5.74) is 1.79. The Hall–Kier alpha value is -1.37. The number of anilines is 1. The normalized spacial score (nSPS) is 15.9. The van der Waals surface area contributed by atoms with E-state index in [2.05, 4.69) is 5.32 Å². The van der Waals surface area contributed by atoms with Crippen molar-refractivity contribution in [1.29, 1.82) is 0 Å². The molecule has 1 N–H and O–H groups in total. The topological polar surface area (TPSA) is 49.4 Å². The summed E-state index contributed by atoms with van der Waals surface area (Å²) in [5.74, 6) is 0. The lowest BCUT2D eigenvalue weighted by molar-refractivity contribution is 0.591. The number of benzene rings is 1. The van der Waals surface area contributed by atoms with Gasteiger partial charge in [0, 0.05) is 19.6 Å². The van der Waals surface area contributed by atoms with Crippen LogP contribution in [0.15, 0.2) is 46.0 Å². The van der Waals surface area contributed by atoms with Gasteiger partial charge in [0.05, 0.1) is 5.69 Å². The van der Waals surface area contributed by atoms with E-state index >= 15 is 0 Å². The van der Waals surface area contributed by atoms with Crippen LogP contribution in [0.4, 0.5) is 5.69 Å². The molecule has 19 heavy (non-hydrogen) atoms. The van der Waals surface area contributed by atoms with Crippen LogP contribution in [-0.2, 0) is 16.6 Å². The third kappa shape index (κ3) is 2.27. The zero-order chi connectivity index (χ0) is 13.3. The molecular weight excluding hydrogens is 280 g/mol. The molecule has 0 saturated heterocycles. The SMILES string of the molecule is O=S(=O)(c1cccs1)N1CCNCc2ccccc21. The van der Waals surface area contributed by atoms with Gasteiger partial charge >= 0.3 is 0 Å². The molecule has 1 aliphatic rings. The van der Waals surface area contributed by atoms with E-state index in [1.54, 1.807) is 17.5 Å². The number of sulfonamides is 1. The van der Waals surface area contributed by atoms with Gasteiger partial charge in [0.1, 0.15) is 4.21 Å². The predicted octanol–water partition coefficient (Wildman–Crippen LogP) is 2.05. The van der Waals surface area contributed by atoms with Crippen LogP contribution in [0.5, 0.6) is 0 Å². The van der Waals surface area contributed by atoms with Gasteiger partial charge in [-0.1, -0.05) is 24.3 Å². The van der Waals surface area contributed by atoms with E-state index in [0.717, 1.165) is 11.3 Å². The van der Waals surface area contributed by atoms with Crippen LogP contribution >= 0.6 is 11.3 Å². The lowest BCUT2D eigenvalue weighted by atomic mass is 10.2. The highest BCUT2D eigenvalue weighted by molar-refractivity contribution is 7.94. The monoisotopic (exact) mass is 294 g/mol. The number of thiophene rings is 1. The molecule has 0 unspecified atom stereocenters. The van der Waals surface area contributed by atoms with Crippen LogP contribution < -0.4 is 9.62 Å². The minimum Gasteiger partial charge on any atom is -0.311 e. The van der Waals surface area contributed by atoms with Crippen molar-refractivity contribution in [3.05, 3.63) is 47.3 Å². The Morgan fingerprint density at radius 2 is 2.00 bits per heavy atom. The molecule has 3 rings (SSSR count). The van der Waals surface area contributed by atoms with Crippen molar-refractivity contribution in [2.24, 2.45) is 0 Å². The highest BCUT2D eigenvalue weighted by atomic mass is 32.2. The van der Waals surface area contributed by atoms with Gasteiger partial charge in [-0.3, -0.25) is 4.31 Å². The lowest BCUT2D eigenvalue weighted by Gasteiger charge is -2.23. The Morgan fingerprint density at radius 1 is 1.16 bits per heavy atom. The van der Waals surface area contributed by atoms with E-state index in [1.807, 2.05) is 24.3 Å². The summed E-state index contributed by atoms with van der Waals surface area (Å²) in [7, 11) is -3.44. The largest absolute Gasteiger partial charge is 0.311 e. The second-order valence-electron chi connectivity index (χ2n) is 4.31.